The molecule has 0 aliphatic carbocycles. The molecule has 0 bridgehead atoms. The van der Waals surface area contributed by atoms with Gasteiger partial charge >= 0.3 is 5.97 Å². The Morgan fingerprint density at radius 1 is 0.775 bits per heavy atom. The van der Waals surface area contributed by atoms with Gasteiger partial charge in [0.25, 0.3) is 0 Å². The number of rotatable bonds is 19. The van der Waals surface area contributed by atoms with E-state index in [4.69, 9.17) is 19.2 Å². The third-order valence-corrected chi connectivity index (χ3v) is 6.75. The van der Waals surface area contributed by atoms with Crippen LogP contribution >= 0.6 is 0 Å². The zero-order valence-electron chi connectivity index (χ0n) is 24.2. The van der Waals surface area contributed by atoms with E-state index in [1.54, 1.807) is 0 Å². The van der Waals surface area contributed by atoms with Crippen LogP contribution in [0.15, 0.2) is 66.7 Å². The normalized spacial score (nSPS) is 10.9. The summed E-state index contributed by atoms with van der Waals surface area (Å²) in [6.07, 6.45) is 9.99. The van der Waals surface area contributed by atoms with Crippen LogP contribution in [0.25, 0.3) is 11.1 Å². The molecule has 0 unspecified atom stereocenters. The lowest BCUT2D eigenvalue weighted by Gasteiger charge is -2.10. The molecular weight excluding hydrogens is 500 g/mol. The first-order valence-electron chi connectivity index (χ1n) is 14.6. The third kappa shape index (κ3) is 11.4. The number of carbonyl (C=O) groups is 1. The fourth-order valence-electron chi connectivity index (χ4n) is 4.42. The van der Waals surface area contributed by atoms with Crippen molar-refractivity contribution in [3.63, 3.8) is 0 Å². The van der Waals surface area contributed by atoms with E-state index in [2.05, 4.69) is 56.3 Å². The first-order valence-corrected chi connectivity index (χ1v) is 14.6. The van der Waals surface area contributed by atoms with E-state index in [9.17, 15) is 4.79 Å². The molecule has 214 valence electrons. The van der Waals surface area contributed by atoms with Gasteiger partial charge in [0.1, 0.15) is 11.5 Å². The Balaban J connectivity index is 1.39. The Labute approximate surface area is 240 Å². The van der Waals surface area contributed by atoms with E-state index in [0.717, 1.165) is 69.3 Å². The minimum atomic E-state index is -0.192. The molecule has 0 atom stereocenters. The Morgan fingerprint density at radius 3 is 2.12 bits per heavy atom. The van der Waals surface area contributed by atoms with Gasteiger partial charge in [0.15, 0.2) is 0 Å². The van der Waals surface area contributed by atoms with Crippen LogP contribution < -0.4 is 9.47 Å². The maximum Gasteiger partial charge on any atom is 0.311 e. The fourth-order valence-corrected chi connectivity index (χ4v) is 4.42. The summed E-state index contributed by atoms with van der Waals surface area (Å²) in [6, 6.07) is 23.0. The highest BCUT2D eigenvalue weighted by Gasteiger charge is 2.07. The highest BCUT2D eigenvalue weighted by molar-refractivity contribution is 5.72. The summed E-state index contributed by atoms with van der Waals surface area (Å²) >= 11 is 0. The van der Waals surface area contributed by atoms with Crippen molar-refractivity contribution in [3.8, 4) is 22.6 Å². The summed E-state index contributed by atoms with van der Waals surface area (Å²) in [6.45, 7) is 9.64. The number of benzene rings is 3. The van der Waals surface area contributed by atoms with Gasteiger partial charge in [0.05, 0.1) is 19.8 Å². The average molecular weight is 545 g/mol. The molecular formula is C35H44O5. The molecule has 0 aliphatic rings. The second-order valence-corrected chi connectivity index (χ2v) is 9.96. The first kappa shape index (κ1) is 31.3. The summed E-state index contributed by atoms with van der Waals surface area (Å²) in [5, 5.41) is 0. The van der Waals surface area contributed by atoms with Gasteiger partial charge in [0.2, 0.25) is 0 Å². The second kappa shape index (κ2) is 18.1. The third-order valence-electron chi connectivity index (χ3n) is 6.75. The Hall–Kier alpha value is -3.28. The van der Waals surface area contributed by atoms with Crippen LogP contribution in [0.4, 0.5) is 0 Å². The molecule has 0 spiro atoms. The zero-order chi connectivity index (χ0) is 28.4. The van der Waals surface area contributed by atoms with Crippen molar-refractivity contribution in [3.05, 3.63) is 96.8 Å². The number of hydrogen-bond donors (Lipinski definition) is 0. The summed E-state index contributed by atoms with van der Waals surface area (Å²) in [7, 11) is 0. The van der Waals surface area contributed by atoms with E-state index in [-0.39, 0.29) is 5.97 Å². The number of hydrogen-bond acceptors (Lipinski definition) is 5. The molecule has 0 radical (unpaired) electrons. The molecule has 40 heavy (non-hydrogen) atoms. The average Bonchev–Trinajstić information content (AvgIpc) is 2.97. The Bertz CT molecular complexity index is 1120. The van der Waals surface area contributed by atoms with Crippen LogP contribution in [0.5, 0.6) is 11.5 Å². The molecule has 0 saturated carbocycles. The van der Waals surface area contributed by atoms with Gasteiger partial charge in [-0.05, 0) is 98.0 Å². The summed E-state index contributed by atoms with van der Waals surface area (Å²) in [4.78, 5) is 21.9. The molecule has 0 amide bonds. The number of esters is 1. The molecule has 5 nitrogen and oxygen atoms in total. The van der Waals surface area contributed by atoms with Crippen LogP contribution in [0.1, 0.15) is 68.6 Å². The number of unbranched alkanes of at least 4 members (excludes halogenated alkanes) is 5. The van der Waals surface area contributed by atoms with Crippen molar-refractivity contribution in [2.75, 3.05) is 19.8 Å². The van der Waals surface area contributed by atoms with Crippen LogP contribution in [-0.4, -0.2) is 25.8 Å². The monoisotopic (exact) mass is 544 g/mol. The molecule has 0 fully saturated rings. The Morgan fingerprint density at radius 2 is 1.45 bits per heavy atom. The van der Waals surface area contributed by atoms with Crippen LogP contribution in [0, 0.1) is 20.3 Å². The molecule has 0 aliphatic heterocycles. The Kier molecular flexibility index (Phi) is 14.2. The van der Waals surface area contributed by atoms with Gasteiger partial charge in [-0.2, -0.15) is 0 Å². The van der Waals surface area contributed by atoms with E-state index in [1.807, 2.05) is 37.6 Å². The van der Waals surface area contributed by atoms with E-state index in [1.165, 1.54) is 22.3 Å². The van der Waals surface area contributed by atoms with Gasteiger partial charge in [-0.15, -0.1) is 12.8 Å². The van der Waals surface area contributed by atoms with Crippen molar-refractivity contribution in [2.24, 2.45) is 0 Å². The molecule has 0 aromatic heterocycles. The van der Waals surface area contributed by atoms with Crippen molar-refractivity contribution < 1.29 is 24.0 Å². The highest BCUT2D eigenvalue weighted by atomic mass is 17.2. The molecule has 3 aromatic rings. The smallest absolute Gasteiger partial charge is 0.311 e. The van der Waals surface area contributed by atoms with Crippen molar-refractivity contribution in [2.45, 2.75) is 71.6 Å². The fraction of sp³-hybridized carbons (Fsp3) is 0.400. The summed E-state index contributed by atoms with van der Waals surface area (Å²) in [5.41, 5.74) is 6.08. The molecule has 0 heterocycles. The SMILES string of the molecule is [CH2+][CH-]CCCC(=O)Oc1ccc(CCc2ccc(-c3ccc(OCCCCCCOOCC)cc3)cc2)c(C)c1. The molecule has 0 saturated heterocycles. The summed E-state index contributed by atoms with van der Waals surface area (Å²) in [5.74, 6) is 1.33. The zero-order valence-corrected chi connectivity index (χ0v) is 24.2. The van der Waals surface area contributed by atoms with Gasteiger partial charge in [-0.1, -0.05) is 62.2 Å². The van der Waals surface area contributed by atoms with Crippen LogP contribution in [-0.2, 0) is 27.4 Å². The topological polar surface area (TPSA) is 54.0 Å². The maximum atomic E-state index is 12.0. The van der Waals surface area contributed by atoms with Crippen molar-refractivity contribution >= 4 is 5.97 Å². The van der Waals surface area contributed by atoms with Gasteiger partial charge in [-0.3, -0.25) is 4.79 Å². The predicted molar refractivity (Wildman–Crippen MR) is 161 cm³/mol. The largest absolute Gasteiger partial charge is 0.494 e. The van der Waals surface area contributed by atoms with Crippen LogP contribution in [0.3, 0.4) is 0 Å². The minimum Gasteiger partial charge on any atom is -0.494 e. The van der Waals surface area contributed by atoms with Crippen molar-refractivity contribution in [1.82, 2.24) is 0 Å². The number of ether oxygens (including phenoxy) is 2. The van der Waals surface area contributed by atoms with Gasteiger partial charge in [0, 0.05) is 6.42 Å². The quantitative estimate of drug-likeness (QED) is 0.0378. The van der Waals surface area contributed by atoms with Crippen LogP contribution in [0.2, 0.25) is 0 Å². The van der Waals surface area contributed by atoms with E-state index < -0.39 is 0 Å². The maximum absolute atomic E-state index is 12.0. The highest BCUT2D eigenvalue weighted by Crippen LogP contribution is 2.24. The molecule has 3 aromatic carbocycles. The van der Waals surface area contributed by atoms with E-state index in [0.29, 0.717) is 25.4 Å². The summed E-state index contributed by atoms with van der Waals surface area (Å²) < 4.78 is 11.4. The molecule has 3 rings (SSSR count). The van der Waals surface area contributed by atoms with Crippen molar-refractivity contribution in [1.29, 1.82) is 0 Å². The molecule has 5 heteroatoms. The number of carbonyl (C=O) groups excluding carboxylic acids is 1. The molecule has 0 N–H and O–H groups in total. The van der Waals surface area contributed by atoms with Gasteiger partial charge < -0.3 is 9.47 Å². The second-order valence-electron chi connectivity index (χ2n) is 9.96. The van der Waals surface area contributed by atoms with Gasteiger partial charge in [-0.25, -0.2) is 9.78 Å². The lowest BCUT2D eigenvalue weighted by atomic mass is 9.98. The lowest BCUT2D eigenvalue weighted by molar-refractivity contribution is -0.291. The standard InChI is InChI=1S/C35H44O5/c1-4-6-9-12-35(36)40-34-24-19-30(28(3)27-34)16-13-29-14-17-31(18-15-29)32-20-22-33(23-21-32)37-25-10-7-8-11-26-39-38-5-2/h4,14-15,17-24,27H,1,5-13,16,25-26H2,2-3H3. The minimum absolute atomic E-state index is 0.192. The predicted octanol–water partition coefficient (Wildman–Crippen LogP) is 8.47. The number of aryl methyl sites for hydroxylation is 3. The van der Waals surface area contributed by atoms with E-state index >= 15 is 0 Å². The first-order chi connectivity index (χ1) is 19.6. The lowest BCUT2D eigenvalue weighted by Crippen LogP contribution is -2.08.